The second kappa shape index (κ2) is 9.38. The molecule has 1 aliphatic heterocycles. The van der Waals surface area contributed by atoms with Crippen LogP contribution < -0.4 is 9.47 Å². The highest BCUT2D eigenvalue weighted by molar-refractivity contribution is 5.89. The Kier molecular flexibility index (Phi) is 6.42. The summed E-state index contributed by atoms with van der Waals surface area (Å²) in [7, 11) is 3.30. The van der Waals surface area contributed by atoms with Crippen molar-refractivity contribution in [3.63, 3.8) is 0 Å². The van der Waals surface area contributed by atoms with Gasteiger partial charge in [-0.2, -0.15) is 0 Å². The Labute approximate surface area is 176 Å². The van der Waals surface area contributed by atoms with Crippen LogP contribution in [0.2, 0.25) is 0 Å². The number of aromatic nitrogens is 2. The molecule has 1 N–H and O–H groups in total. The van der Waals surface area contributed by atoms with Gasteiger partial charge in [-0.15, -0.1) is 0 Å². The topological polar surface area (TPSA) is 76.9 Å². The first-order valence-corrected chi connectivity index (χ1v) is 10.1. The maximum absolute atomic E-state index is 9.20. The molecular formula is C23H27N3O4. The molecule has 1 saturated heterocycles. The highest BCUT2D eigenvalue weighted by Crippen LogP contribution is 2.34. The van der Waals surface area contributed by atoms with E-state index in [0.29, 0.717) is 18.9 Å². The lowest BCUT2D eigenvalue weighted by atomic mass is 10.00. The summed E-state index contributed by atoms with van der Waals surface area (Å²) in [5.74, 6) is 1.37. The standard InChI is InChI=1S/C23H27N3O4/c1-28-22-6-3-16(13-26-8-10-30-18(14-26)7-9-27)11-19(22)17-4-5-21-20(12-17)23(29-2)25-15-24-21/h3-6,11-12,15,18,27H,7-10,13-14H2,1-2H3. The van der Waals surface area contributed by atoms with Crippen LogP contribution in [0.1, 0.15) is 12.0 Å². The Morgan fingerprint density at radius 3 is 2.83 bits per heavy atom. The van der Waals surface area contributed by atoms with Crippen LogP contribution in [0.3, 0.4) is 0 Å². The fourth-order valence-corrected chi connectivity index (χ4v) is 3.94. The maximum Gasteiger partial charge on any atom is 0.224 e. The summed E-state index contributed by atoms with van der Waals surface area (Å²) in [5, 5.41) is 10.1. The van der Waals surface area contributed by atoms with Crippen LogP contribution in [-0.4, -0.2) is 66.6 Å². The van der Waals surface area contributed by atoms with Gasteiger partial charge in [-0.05, 0) is 41.8 Å². The molecule has 7 nitrogen and oxygen atoms in total. The summed E-state index contributed by atoms with van der Waals surface area (Å²) in [6.45, 7) is 3.38. The van der Waals surface area contributed by atoms with Gasteiger partial charge in [0.25, 0.3) is 0 Å². The van der Waals surface area contributed by atoms with Crippen molar-refractivity contribution in [2.75, 3.05) is 40.5 Å². The number of methoxy groups -OCH3 is 2. The third kappa shape index (κ3) is 4.38. The molecular weight excluding hydrogens is 382 g/mol. The van der Waals surface area contributed by atoms with Gasteiger partial charge in [-0.25, -0.2) is 9.97 Å². The highest BCUT2D eigenvalue weighted by atomic mass is 16.5. The molecule has 0 bridgehead atoms. The molecule has 2 aromatic carbocycles. The van der Waals surface area contributed by atoms with Crippen LogP contribution in [0.4, 0.5) is 0 Å². The van der Waals surface area contributed by atoms with Crippen molar-refractivity contribution in [1.82, 2.24) is 14.9 Å². The van der Waals surface area contributed by atoms with Crippen molar-refractivity contribution in [1.29, 1.82) is 0 Å². The van der Waals surface area contributed by atoms with Crippen molar-refractivity contribution < 1.29 is 19.3 Å². The van der Waals surface area contributed by atoms with Gasteiger partial charge in [0.1, 0.15) is 12.1 Å². The fraction of sp³-hybridized carbons (Fsp3) is 0.391. The minimum absolute atomic E-state index is 0.0921. The molecule has 2 heterocycles. The summed E-state index contributed by atoms with van der Waals surface area (Å²) < 4.78 is 16.8. The second-order valence-electron chi connectivity index (χ2n) is 7.39. The fourth-order valence-electron chi connectivity index (χ4n) is 3.94. The van der Waals surface area contributed by atoms with Crippen LogP contribution in [0, 0.1) is 0 Å². The Bertz CT molecular complexity index is 1010. The predicted octanol–water partition coefficient (Wildman–Crippen LogP) is 2.90. The molecule has 1 aromatic heterocycles. The van der Waals surface area contributed by atoms with Crippen LogP contribution in [0.15, 0.2) is 42.7 Å². The van der Waals surface area contributed by atoms with Crippen LogP contribution in [-0.2, 0) is 11.3 Å². The number of morpholine rings is 1. The van der Waals surface area contributed by atoms with E-state index in [0.717, 1.165) is 47.4 Å². The van der Waals surface area contributed by atoms with E-state index in [1.807, 2.05) is 24.3 Å². The molecule has 0 spiro atoms. The smallest absolute Gasteiger partial charge is 0.224 e. The van der Waals surface area contributed by atoms with Gasteiger partial charge in [0.05, 0.1) is 37.8 Å². The largest absolute Gasteiger partial charge is 0.496 e. The molecule has 158 valence electrons. The zero-order valence-electron chi connectivity index (χ0n) is 17.4. The van der Waals surface area contributed by atoms with Crippen LogP contribution in [0.5, 0.6) is 11.6 Å². The molecule has 0 aliphatic carbocycles. The summed E-state index contributed by atoms with van der Waals surface area (Å²) in [6, 6.07) is 12.3. The van der Waals surface area contributed by atoms with Crippen molar-refractivity contribution >= 4 is 10.9 Å². The van der Waals surface area contributed by atoms with E-state index in [1.165, 1.54) is 11.9 Å². The first kappa shape index (κ1) is 20.5. The van der Waals surface area contributed by atoms with E-state index in [-0.39, 0.29) is 12.7 Å². The molecule has 1 aliphatic rings. The second-order valence-corrected chi connectivity index (χ2v) is 7.39. The quantitative estimate of drug-likeness (QED) is 0.643. The Morgan fingerprint density at radius 2 is 2.03 bits per heavy atom. The third-order valence-electron chi connectivity index (χ3n) is 5.45. The van der Waals surface area contributed by atoms with Gasteiger partial charge >= 0.3 is 0 Å². The normalized spacial score (nSPS) is 17.2. The lowest BCUT2D eigenvalue weighted by Gasteiger charge is -2.32. The lowest BCUT2D eigenvalue weighted by molar-refractivity contribution is -0.0407. The number of benzene rings is 2. The number of hydrogen-bond donors (Lipinski definition) is 1. The number of aliphatic hydroxyl groups is 1. The number of hydrogen-bond acceptors (Lipinski definition) is 7. The predicted molar refractivity (Wildman–Crippen MR) is 115 cm³/mol. The van der Waals surface area contributed by atoms with Crippen molar-refractivity contribution in [3.8, 4) is 22.8 Å². The van der Waals surface area contributed by atoms with E-state index < -0.39 is 0 Å². The first-order valence-electron chi connectivity index (χ1n) is 10.1. The van der Waals surface area contributed by atoms with Gasteiger partial charge in [0.2, 0.25) is 5.88 Å². The molecule has 30 heavy (non-hydrogen) atoms. The molecule has 3 aromatic rings. The monoisotopic (exact) mass is 409 g/mol. The molecule has 0 amide bonds. The van der Waals surface area contributed by atoms with Crippen molar-refractivity contribution in [2.24, 2.45) is 0 Å². The number of rotatable bonds is 7. The van der Waals surface area contributed by atoms with E-state index >= 15 is 0 Å². The number of fused-ring (bicyclic) bond motifs is 1. The third-order valence-corrected chi connectivity index (χ3v) is 5.45. The summed E-state index contributed by atoms with van der Waals surface area (Å²) in [4.78, 5) is 10.9. The Balaban J connectivity index is 1.64. The Morgan fingerprint density at radius 1 is 1.13 bits per heavy atom. The summed E-state index contributed by atoms with van der Waals surface area (Å²) in [6.07, 6.45) is 2.27. The van der Waals surface area contributed by atoms with Crippen molar-refractivity contribution in [2.45, 2.75) is 19.1 Å². The molecule has 1 atom stereocenters. The minimum atomic E-state index is 0.0921. The lowest BCUT2D eigenvalue weighted by Crippen LogP contribution is -2.42. The molecule has 7 heteroatoms. The highest BCUT2D eigenvalue weighted by Gasteiger charge is 2.20. The average Bonchev–Trinajstić information content (AvgIpc) is 2.78. The van der Waals surface area contributed by atoms with Gasteiger partial charge in [0, 0.05) is 31.8 Å². The van der Waals surface area contributed by atoms with Gasteiger partial charge < -0.3 is 19.3 Å². The molecule has 1 fully saturated rings. The van der Waals surface area contributed by atoms with Crippen LogP contribution in [0.25, 0.3) is 22.0 Å². The first-order chi connectivity index (χ1) is 14.7. The van der Waals surface area contributed by atoms with E-state index in [2.05, 4.69) is 27.0 Å². The van der Waals surface area contributed by atoms with E-state index in [1.54, 1.807) is 14.2 Å². The molecule has 4 rings (SSSR count). The SMILES string of the molecule is COc1ccc(CN2CCOC(CCO)C2)cc1-c1ccc2ncnc(OC)c2c1. The average molecular weight is 409 g/mol. The summed E-state index contributed by atoms with van der Waals surface area (Å²) >= 11 is 0. The maximum atomic E-state index is 9.20. The van der Waals surface area contributed by atoms with E-state index in [4.69, 9.17) is 14.2 Å². The van der Waals surface area contributed by atoms with Gasteiger partial charge in [0.15, 0.2) is 0 Å². The number of nitrogens with zero attached hydrogens (tertiary/aromatic N) is 3. The molecule has 0 saturated carbocycles. The molecule has 0 radical (unpaired) electrons. The number of ether oxygens (including phenoxy) is 3. The molecule has 1 unspecified atom stereocenters. The number of aliphatic hydroxyl groups excluding tert-OH is 1. The van der Waals surface area contributed by atoms with E-state index in [9.17, 15) is 5.11 Å². The Hall–Kier alpha value is -2.74. The minimum Gasteiger partial charge on any atom is -0.496 e. The zero-order chi connectivity index (χ0) is 20.9. The summed E-state index contributed by atoms with van der Waals surface area (Å²) in [5.41, 5.74) is 4.08. The van der Waals surface area contributed by atoms with Gasteiger partial charge in [-0.1, -0.05) is 12.1 Å². The van der Waals surface area contributed by atoms with Gasteiger partial charge in [-0.3, -0.25) is 4.90 Å². The van der Waals surface area contributed by atoms with Crippen LogP contribution >= 0.6 is 0 Å². The zero-order valence-corrected chi connectivity index (χ0v) is 17.4. The van der Waals surface area contributed by atoms with Crippen molar-refractivity contribution in [3.05, 3.63) is 48.3 Å².